The van der Waals surface area contributed by atoms with Gasteiger partial charge in [0.2, 0.25) is 5.95 Å². The van der Waals surface area contributed by atoms with Crippen molar-refractivity contribution in [2.45, 2.75) is 12.3 Å². The fourth-order valence-electron chi connectivity index (χ4n) is 3.68. The molecule has 1 amide bonds. The summed E-state index contributed by atoms with van der Waals surface area (Å²) in [5.41, 5.74) is 3.36. The van der Waals surface area contributed by atoms with Crippen LogP contribution in [0.25, 0.3) is 11.3 Å². The summed E-state index contributed by atoms with van der Waals surface area (Å²) in [5, 5.41) is 30.1. The van der Waals surface area contributed by atoms with Crippen molar-refractivity contribution < 1.29 is 9.90 Å². The van der Waals surface area contributed by atoms with E-state index in [2.05, 4.69) is 31.8 Å². The Morgan fingerprint density at radius 3 is 2.88 bits per heavy atom. The highest BCUT2D eigenvalue weighted by molar-refractivity contribution is 5.92. The summed E-state index contributed by atoms with van der Waals surface area (Å²) in [6.45, 7) is 2.48. The van der Waals surface area contributed by atoms with E-state index in [1.807, 2.05) is 13.0 Å². The summed E-state index contributed by atoms with van der Waals surface area (Å²) in [6.07, 6.45) is 1.62. The van der Waals surface area contributed by atoms with E-state index >= 15 is 0 Å². The molecule has 0 aliphatic carbocycles. The van der Waals surface area contributed by atoms with Crippen LogP contribution in [-0.2, 0) is 12.5 Å². The number of rotatable bonds is 5. The van der Waals surface area contributed by atoms with E-state index in [1.165, 1.54) is 4.90 Å². The van der Waals surface area contributed by atoms with E-state index in [9.17, 15) is 15.2 Å². The second-order valence-corrected chi connectivity index (χ2v) is 8.26. The molecule has 32 heavy (non-hydrogen) atoms. The number of nitriles is 1. The van der Waals surface area contributed by atoms with Crippen molar-refractivity contribution in [2.75, 3.05) is 37.9 Å². The highest BCUT2D eigenvalue weighted by Crippen LogP contribution is 2.41. The van der Waals surface area contributed by atoms with E-state index in [4.69, 9.17) is 0 Å². The Bertz CT molecular complexity index is 1240. The molecule has 1 unspecified atom stereocenters. The third-order valence-electron chi connectivity index (χ3n) is 5.61. The lowest BCUT2D eigenvalue weighted by Crippen LogP contribution is -2.28. The zero-order valence-electron chi connectivity index (χ0n) is 18.3. The molecule has 4 rings (SSSR count). The SMILES string of the molecule is CN(C)C(=O)c1cc(Nc2nccc(-c3cc(C#N)c4c(c3)C(C)(CO)CN4)n2)n(C)n1. The Balaban J connectivity index is 1.69. The van der Waals surface area contributed by atoms with Crippen molar-refractivity contribution in [3.63, 3.8) is 0 Å². The van der Waals surface area contributed by atoms with Gasteiger partial charge in [-0.05, 0) is 23.8 Å². The van der Waals surface area contributed by atoms with E-state index in [-0.39, 0.29) is 12.5 Å². The number of nitrogens with zero attached hydrogens (tertiary/aromatic N) is 6. The van der Waals surface area contributed by atoms with Crippen LogP contribution < -0.4 is 10.6 Å². The van der Waals surface area contributed by atoms with Gasteiger partial charge >= 0.3 is 0 Å². The molecule has 1 atom stereocenters. The highest BCUT2D eigenvalue weighted by Gasteiger charge is 2.36. The smallest absolute Gasteiger partial charge is 0.273 e. The average Bonchev–Trinajstić information content (AvgIpc) is 3.33. The molecule has 3 heterocycles. The summed E-state index contributed by atoms with van der Waals surface area (Å²) in [7, 11) is 5.06. The zero-order chi connectivity index (χ0) is 23.0. The molecule has 1 aliphatic heterocycles. The predicted molar refractivity (Wildman–Crippen MR) is 120 cm³/mol. The van der Waals surface area contributed by atoms with Gasteiger partial charge in [-0.3, -0.25) is 9.48 Å². The maximum atomic E-state index is 12.2. The van der Waals surface area contributed by atoms with Crippen LogP contribution in [0.15, 0.2) is 30.5 Å². The zero-order valence-corrected chi connectivity index (χ0v) is 18.3. The molecule has 0 saturated carbocycles. The molecule has 0 fully saturated rings. The fourth-order valence-corrected chi connectivity index (χ4v) is 3.68. The topological polar surface area (TPSA) is 132 Å². The number of amides is 1. The molecule has 10 nitrogen and oxygen atoms in total. The molecule has 3 aromatic rings. The summed E-state index contributed by atoms with van der Waals surface area (Å²) in [5.74, 6) is 0.693. The molecule has 164 valence electrons. The summed E-state index contributed by atoms with van der Waals surface area (Å²) in [6, 6.07) is 9.36. The maximum Gasteiger partial charge on any atom is 0.273 e. The molecule has 0 saturated heterocycles. The van der Waals surface area contributed by atoms with Gasteiger partial charge in [0.25, 0.3) is 5.91 Å². The van der Waals surface area contributed by atoms with Gasteiger partial charge in [0.05, 0.1) is 23.6 Å². The lowest BCUT2D eigenvalue weighted by atomic mass is 9.83. The number of hydrogen-bond acceptors (Lipinski definition) is 8. The number of aliphatic hydroxyl groups is 1. The Labute approximate surface area is 185 Å². The Morgan fingerprint density at radius 1 is 1.41 bits per heavy atom. The molecule has 0 radical (unpaired) electrons. The molecular weight excluding hydrogens is 408 g/mol. The van der Waals surface area contributed by atoms with Gasteiger partial charge in [-0.15, -0.1) is 0 Å². The monoisotopic (exact) mass is 432 g/mol. The largest absolute Gasteiger partial charge is 0.395 e. The average molecular weight is 432 g/mol. The Hall–Kier alpha value is -3.97. The van der Waals surface area contributed by atoms with Gasteiger partial charge in [0, 0.05) is 50.9 Å². The number of carbonyl (C=O) groups excluding carboxylic acids is 1. The van der Waals surface area contributed by atoms with Crippen LogP contribution in [0.4, 0.5) is 17.5 Å². The standard InChI is InChI=1S/C22H24N8O2/c1-22(12-31)11-25-19-14(10-23)7-13(8-15(19)22)16-5-6-24-21(26-16)27-18-9-17(28-30(18)4)20(32)29(2)3/h5-9,25,31H,11-12H2,1-4H3,(H,24,26,27). The second kappa shape index (κ2) is 7.94. The van der Waals surface area contributed by atoms with Crippen molar-refractivity contribution in [3.05, 3.63) is 47.3 Å². The van der Waals surface area contributed by atoms with Crippen LogP contribution in [-0.4, -0.2) is 62.9 Å². The molecule has 0 spiro atoms. The van der Waals surface area contributed by atoms with Crippen molar-refractivity contribution >= 4 is 23.4 Å². The Kier molecular flexibility index (Phi) is 5.28. The van der Waals surface area contributed by atoms with Gasteiger partial charge in [-0.1, -0.05) is 6.92 Å². The van der Waals surface area contributed by atoms with Crippen molar-refractivity contribution in [1.29, 1.82) is 5.26 Å². The molecule has 3 N–H and O–H groups in total. The number of hydrogen-bond donors (Lipinski definition) is 3. The first-order valence-corrected chi connectivity index (χ1v) is 10.1. The minimum Gasteiger partial charge on any atom is -0.395 e. The number of carbonyl (C=O) groups is 1. The summed E-state index contributed by atoms with van der Waals surface area (Å²) >= 11 is 0. The van der Waals surface area contributed by atoms with Crippen molar-refractivity contribution in [1.82, 2.24) is 24.6 Å². The van der Waals surface area contributed by atoms with Gasteiger partial charge in [0.1, 0.15) is 11.9 Å². The minimum absolute atomic E-state index is 0.0353. The molecule has 2 aromatic heterocycles. The number of fused-ring (bicyclic) bond motifs is 1. The molecule has 0 bridgehead atoms. The molecule has 1 aromatic carbocycles. The summed E-state index contributed by atoms with van der Waals surface area (Å²) < 4.78 is 1.55. The highest BCUT2D eigenvalue weighted by atomic mass is 16.3. The number of aromatic nitrogens is 4. The van der Waals surface area contributed by atoms with Gasteiger partial charge < -0.3 is 20.6 Å². The van der Waals surface area contributed by atoms with Crippen LogP contribution in [0.5, 0.6) is 0 Å². The van der Waals surface area contributed by atoms with Gasteiger partial charge in [0.15, 0.2) is 5.69 Å². The number of nitrogens with one attached hydrogen (secondary N) is 2. The number of aliphatic hydroxyl groups excluding tert-OH is 1. The maximum absolute atomic E-state index is 12.2. The first-order valence-electron chi connectivity index (χ1n) is 10.1. The van der Waals surface area contributed by atoms with E-state index in [1.54, 1.807) is 50.2 Å². The van der Waals surface area contributed by atoms with Crippen LogP contribution in [0.1, 0.15) is 28.5 Å². The van der Waals surface area contributed by atoms with Gasteiger partial charge in [-0.25, -0.2) is 9.97 Å². The van der Waals surface area contributed by atoms with Crippen LogP contribution in [0.3, 0.4) is 0 Å². The predicted octanol–water partition coefficient (Wildman–Crippen LogP) is 1.87. The summed E-state index contributed by atoms with van der Waals surface area (Å²) in [4.78, 5) is 22.5. The molecular formula is C22H24N8O2. The van der Waals surface area contributed by atoms with E-state index in [0.29, 0.717) is 35.3 Å². The Morgan fingerprint density at radius 2 is 2.19 bits per heavy atom. The van der Waals surface area contributed by atoms with Crippen molar-refractivity contribution in [3.8, 4) is 17.3 Å². The van der Waals surface area contributed by atoms with Crippen LogP contribution >= 0.6 is 0 Å². The van der Waals surface area contributed by atoms with Crippen molar-refractivity contribution in [2.24, 2.45) is 7.05 Å². The first kappa shape index (κ1) is 21.3. The van der Waals surface area contributed by atoms with Gasteiger partial charge in [-0.2, -0.15) is 10.4 Å². The fraction of sp³-hybridized carbons (Fsp3) is 0.318. The normalized spacial score (nSPS) is 16.8. The number of benzene rings is 1. The second-order valence-electron chi connectivity index (χ2n) is 8.26. The minimum atomic E-state index is -0.477. The lowest BCUT2D eigenvalue weighted by molar-refractivity contribution is 0.0821. The van der Waals surface area contributed by atoms with E-state index < -0.39 is 5.41 Å². The van der Waals surface area contributed by atoms with E-state index in [0.717, 1.165) is 16.8 Å². The molecule has 10 heteroatoms. The van der Waals surface area contributed by atoms with Crippen LogP contribution in [0, 0.1) is 11.3 Å². The lowest BCUT2D eigenvalue weighted by Gasteiger charge is -2.21. The first-order chi connectivity index (χ1) is 15.3. The third-order valence-corrected chi connectivity index (χ3v) is 5.61. The van der Waals surface area contributed by atoms with Crippen LogP contribution in [0.2, 0.25) is 0 Å². The number of aryl methyl sites for hydroxylation is 1. The quantitative estimate of drug-likeness (QED) is 0.557. The molecule has 1 aliphatic rings. The number of anilines is 3. The third kappa shape index (κ3) is 3.63.